The topological polar surface area (TPSA) is 60.8 Å². The standard InChI is InChI=1S/C60H90N4O/c1-5-9-13-15-17-19-21-49-41-61-59(62-42-49)55-37-33-53(34-38-55)57(23-11-7-3)51-29-25-47(26-30-51)45-65-46-48-27-31-52(32-28-48)58(24-12-8-4)54-35-39-56(40-36-54)60-63-43-50(44-64-60)22-20-18-16-14-10-6-2/h33-44,47-48,51-52,57-58H,5-32,45-46H2,1-4H3. The van der Waals surface area contributed by atoms with Crippen molar-refractivity contribution in [3.63, 3.8) is 0 Å². The van der Waals surface area contributed by atoms with Gasteiger partial charge in [0.25, 0.3) is 0 Å². The number of hydrogen-bond donors (Lipinski definition) is 0. The third-order valence-electron chi connectivity index (χ3n) is 15.6. The fraction of sp³-hybridized carbons (Fsp3) is 0.667. The molecule has 2 aliphatic carbocycles. The molecule has 2 heterocycles. The van der Waals surface area contributed by atoms with Crippen LogP contribution in [0.2, 0.25) is 0 Å². The van der Waals surface area contributed by atoms with Crippen molar-refractivity contribution in [1.82, 2.24) is 19.9 Å². The normalized spacial score (nSPS) is 19.9. The summed E-state index contributed by atoms with van der Waals surface area (Å²) in [5.41, 5.74) is 7.83. The number of unbranched alkanes of at least 4 members (excludes halogenated alkanes) is 12. The first-order valence-corrected chi connectivity index (χ1v) is 27.5. The van der Waals surface area contributed by atoms with Crippen LogP contribution in [0.15, 0.2) is 73.3 Å². The van der Waals surface area contributed by atoms with E-state index in [1.165, 1.54) is 189 Å². The molecule has 0 bridgehead atoms. The molecule has 2 fully saturated rings. The molecule has 0 saturated heterocycles. The molecule has 356 valence electrons. The number of hydrogen-bond acceptors (Lipinski definition) is 5. The smallest absolute Gasteiger partial charge is 0.159 e. The van der Waals surface area contributed by atoms with E-state index in [0.29, 0.717) is 23.7 Å². The molecule has 2 atom stereocenters. The highest BCUT2D eigenvalue weighted by Crippen LogP contribution is 2.43. The van der Waals surface area contributed by atoms with Gasteiger partial charge in [0.15, 0.2) is 11.6 Å². The highest BCUT2D eigenvalue weighted by molar-refractivity contribution is 5.56. The van der Waals surface area contributed by atoms with E-state index >= 15 is 0 Å². The van der Waals surface area contributed by atoms with Crippen molar-refractivity contribution in [2.45, 2.75) is 219 Å². The summed E-state index contributed by atoms with van der Waals surface area (Å²) in [6, 6.07) is 18.7. The summed E-state index contributed by atoms with van der Waals surface area (Å²) in [5, 5.41) is 0. The zero-order chi connectivity index (χ0) is 45.3. The van der Waals surface area contributed by atoms with Gasteiger partial charge in [0.05, 0.1) is 0 Å². The van der Waals surface area contributed by atoms with Crippen LogP contribution >= 0.6 is 0 Å². The van der Waals surface area contributed by atoms with Crippen molar-refractivity contribution in [2.75, 3.05) is 13.2 Å². The van der Waals surface area contributed by atoms with Crippen LogP contribution < -0.4 is 0 Å². The highest BCUT2D eigenvalue weighted by Gasteiger charge is 2.31. The highest BCUT2D eigenvalue weighted by atomic mass is 16.5. The van der Waals surface area contributed by atoms with Gasteiger partial charge in [0.2, 0.25) is 0 Å². The molecule has 0 aliphatic heterocycles. The first-order chi connectivity index (χ1) is 32.1. The minimum absolute atomic E-state index is 0.645. The minimum Gasteiger partial charge on any atom is -0.381 e. The number of rotatable bonds is 30. The molecule has 2 unspecified atom stereocenters. The number of ether oxygens (including phenoxy) is 1. The lowest BCUT2D eigenvalue weighted by Crippen LogP contribution is -2.26. The van der Waals surface area contributed by atoms with Crippen LogP contribution in [0, 0.1) is 23.7 Å². The van der Waals surface area contributed by atoms with E-state index in [9.17, 15) is 0 Å². The molecular formula is C60H90N4O. The molecule has 2 aromatic heterocycles. The summed E-state index contributed by atoms with van der Waals surface area (Å²) in [4.78, 5) is 19.1. The second-order valence-electron chi connectivity index (χ2n) is 20.7. The van der Waals surface area contributed by atoms with Crippen molar-refractivity contribution in [2.24, 2.45) is 23.7 Å². The summed E-state index contributed by atoms with van der Waals surface area (Å²) in [7, 11) is 0. The third kappa shape index (κ3) is 17.0. The van der Waals surface area contributed by atoms with Crippen molar-refractivity contribution >= 4 is 0 Å². The number of benzene rings is 2. The minimum atomic E-state index is 0.645. The second kappa shape index (κ2) is 29.3. The van der Waals surface area contributed by atoms with Crippen LogP contribution in [0.4, 0.5) is 0 Å². The van der Waals surface area contributed by atoms with E-state index in [1.54, 1.807) is 0 Å². The Balaban J connectivity index is 0.906. The average molecular weight is 883 g/mol. The van der Waals surface area contributed by atoms with Gasteiger partial charge in [-0.15, -0.1) is 0 Å². The Morgan fingerprint density at radius 2 is 0.754 bits per heavy atom. The van der Waals surface area contributed by atoms with Crippen LogP contribution in [-0.2, 0) is 17.6 Å². The van der Waals surface area contributed by atoms with Gasteiger partial charge < -0.3 is 4.74 Å². The molecule has 2 aliphatic rings. The maximum atomic E-state index is 6.58. The van der Waals surface area contributed by atoms with Crippen LogP contribution in [-0.4, -0.2) is 33.1 Å². The monoisotopic (exact) mass is 883 g/mol. The van der Waals surface area contributed by atoms with Crippen LogP contribution in [0.1, 0.15) is 229 Å². The Bertz CT molecular complexity index is 1670. The molecule has 0 amide bonds. The van der Waals surface area contributed by atoms with Gasteiger partial charge in [-0.2, -0.15) is 0 Å². The van der Waals surface area contributed by atoms with E-state index in [4.69, 9.17) is 24.7 Å². The van der Waals surface area contributed by atoms with Gasteiger partial charge in [-0.25, -0.2) is 19.9 Å². The molecule has 4 aromatic rings. The van der Waals surface area contributed by atoms with E-state index in [1.807, 2.05) is 0 Å². The molecule has 65 heavy (non-hydrogen) atoms. The molecule has 5 nitrogen and oxygen atoms in total. The van der Waals surface area contributed by atoms with Gasteiger partial charge in [0, 0.05) is 49.1 Å². The SMILES string of the molecule is CCCCCCCCc1cnc(-c2ccc(C(CCCC)C3CCC(COCC4CCC(C(CCCC)c5ccc(-c6ncc(CCCCCCCC)cn6)cc5)CC4)CC3)cc2)nc1. The summed E-state index contributed by atoms with van der Waals surface area (Å²) < 4.78 is 6.58. The van der Waals surface area contributed by atoms with Crippen LogP contribution in [0.5, 0.6) is 0 Å². The number of aryl methyl sites for hydroxylation is 2. The molecule has 2 aromatic carbocycles. The quantitative estimate of drug-likeness (QED) is 0.0488. The molecule has 0 radical (unpaired) electrons. The molecule has 6 rings (SSSR count). The largest absolute Gasteiger partial charge is 0.381 e. The lowest BCUT2D eigenvalue weighted by atomic mass is 9.71. The summed E-state index contributed by atoms with van der Waals surface area (Å²) in [6.45, 7) is 11.1. The van der Waals surface area contributed by atoms with Crippen LogP contribution in [0.3, 0.4) is 0 Å². The predicted molar refractivity (Wildman–Crippen MR) is 275 cm³/mol. The maximum absolute atomic E-state index is 6.58. The third-order valence-corrected chi connectivity index (χ3v) is 15.6. The fourth-order valence-electron chi connectivity index (χ4n) is 11.4. The Morgan fingerprint density at radius 1 is 0.415 bits per heavy atom. The Morgan fingerprint density at radius 3 is 1.11 bits per heavy atom. The van der Waals surface area contributed by atoms with Gasteiger partial charge in [0.1, 0.15) is 0 Å². The van der Waals surface area contributed by atoms with E-state index in [0.717, 1.165) is 60.7 Å². The van der Waals surface area contributed by atoms with Gasteiger partial charge in [-0.1, -0.05) is 166 Å². The Hall–Kier alpha value is -3.44. The Kier molecular flexibility index (Phi) is 23.0. The van der Waals surface area contributed by atoms with E-state index in [2.05, 4.69) is 101 Å². The van der Waals surface area contributed by atoms with E-state index in [-0.39, 0.29) is 0 Å². The zero-order valence-electron chi connectivity index (χ0n) is 41.8. The lowest BCUT2D eigenvalue weighted by molar-refractivity contribution is 0.0383. The average Bonchev–Trinajstić information content (AvgIpc) is 3.35. The molecule has 5 heteroatoms. The summed E-state index contributed by atoms with van der Waals surface area (Å²) in [6.07, 6.45) is 44.5. The second-order valence-corrected chi connectivity index (χ2v) is 20.7. The summed E-state index contributed by atoms with van der Waals surface area (Å²) >= 11 is 0. The number of nitrogens with zero attached hydrogens (tertiary/aromatic N) is 4. The fourth-order valence-corrected chi connectivity index (χ4v) is 11.4. The first-order valence-electron chi connectivity index (χ1n) is 27.5. The molecule has 0 N–H and O–H groups in total. The maximum Gasteiger partial charge on any atom is 0.159 e. The Labute approximate surface area is 397 Å². The van der Waals surface area contributed by atoms with Gasteiger partial charge >= 0.3 is 0 Å². The molecule has 2 saturated carbocycles. The molecule has 0 spiro atoms. The van der Waals surface area contributed by atoms with Crippen molar-refractivity contribution in [1.29, 1.82) is 0 Å². The number of aromatic nitrogens is 4. The van der Waals surface area contributed by atoms with Crippen molar-refractivity contribution < 1.29 is 4.74 Å². The predicted octanol–water partition coefficient (Wildman–Crippen LogP) is 17.3. The van der Waals surface area contributed by atoms with Crippen molar-refractivity contribution in [3.8, 4) is 22.8 Å². The van der Waals surface area contributed by atoms with Gasteiger partial charge in [-0.3, -0.25) is 0 Å². The molecular weight excluding hydrogens is 793 g/mol. The van der Waals surface area contributed by atoms with Gasteiger partial charge in [-0.05, 0) is 148 Å². The van der Waals surface area contributed by atoms with Crippen LogP contribution in [0.25, 0.3) is 22.8 Å². The summed E-state index contributed by atoms with van der Waals surface area (Å²) in [5.74, 6) is 5.97. The lowest BCUT2D eigenvalue weighted by Gasteiger charge is -2.36. The van der Waals surface area contributed by atoms with Crippen molar-refractivity contribution in [3.05, 3.63) is 95.6 Å². The first kappa shape index (κ1) is 51.0. The zero-order valence-corrected chi connectivity index (χ0v) is 41.8. The van der Waals surface area contributed by atoms with E-state index < -0.39 is 0 Å².